The first kappa shape index (κ1) is 14.3. The molecule has 0 amide bonds. The van der Waals surface area contributed by atoms with E-state index in [1.54, 1.807) is 12.1 Å². The summed E-state index contributed by atoms with van der Waals surface area (Å²) in [7, 11) is 1.50. The number of hydrogen-bond donors (Lipinski definition) is 1. The second-order valence-corrected chi connectivity index (χ2v) is 4.61. The van der Waals surface area contributed by atoms with Gasteiger partial charge in [0.05, 0.1) is 7.11 Å². The van der Waals surface area contributed by atoms with E-state index in [-0.39, 0.29) is 18.5 Å². The summed E-state index contributed by atoms with van der Waals surface area (Å²) in [5, 5.41) is 0. The van der Waals surface area contributed by atoms with Gasteiger partial charge in [0.25, 0.3) is 0 Å². The summed E-state index contributed by atoms with van der Waals surface area (Å²) >= 11 is 0. The molecule has 0 aromatic heterocycles. The third-order valence-electron chi connectivity index (χ3n) is 3.04. The SMILES string of the molecule is COc1ccc(COc2cccc(C(C)N)c2)c(F)c1. The highest BCUT2D eigenvalue weighted by molar-refractivity contribution is 5.32. The number of halogens is 1. The van der Waals surface area contributed by atoms with Crippen molar-refractivity contribution in [2.45, 2.75) is 19.6 Å². The Morgan fingerprint density at radius 2 is 1.95 bits per heavy atom. The van der Waals surface area contributed by atoms with Crippen LogP contribution in [-0.4, -0.2) is 7.11 Å². The third kappa shape index (κ3) is 3.48. The van der Waals surface area contributed by atoms with Crippen molar-refractivity contribution < 1.29 is 13.9 Å². The summed E-state index contributed by atoms with van der Waals surface area (Å²) < 4.78 is 24.3. The number of methoxy groups -OCH3 is 1. The first-order chi connectivity index (χ1) is 9.60. The molecule has 20 heavy (non-hydrogen) atoms. The monoisotopic (exact) mass is 275 g/mol. The van der Waals surface area contributed by atoms with E-state index >= 15 is 0 Å². The molecule has 0 aliphatic rings. The fraction of sp³-hybridized carbons (Fsp3) is 0.250. The molecule has 0 aliphatic heterocycles. The van der Waals surface area contributed by atoms with Crippen LogP contribution in [0, 0.1) is 5.82 Å². The predicted molar refractivity (Wildman–Crippen MR) is 76.3 cm³/mol. The molecule has 3 nitrogen and oxygen atoms in total. The lowest BCUT2D eigenvalue weighted by atomic mass is 10.1. The summed E-state index contributed by atoms with van der Waals surface area (Å²) in [5.74, 6) is 0.827. The molecule has 1 atom stereocenters. The summed E-state index contributed by atoms with van der Waals surface area (Å²) in [6.45, 7) is 2.07. The fourth-order valence-electron chi connectivity index (χ4n) is 1.82. The van der Waals surface area contributed by atoms with Gasteiger partial charge in [-0.05, 0) is 36.8 Å². The molecule has 1 unspecified atom stereocenters. The maximum absolute atomic E-state index is 13.8. The van der Waals surface area contributed by atoms with Gasteiger partial charge < -0.3 is 15.2 Å². The topological polar surface area (TPSA) is 44.5 Å². The van der Waals surface area contributed by atoms with E-state index in [4.69, 9.17) is 15.2 Å². The minimum absolute atomic E-state index is 0.0590. The number of nitrogens with two attached hydrogens (primary N) is 1. The molecule has 0 spiro atoms. The van der Waals surface area contributed by atoms with E-state index in [0.29, 0.717) is 17.1 Å². The van der Waals surface area contributed by atoms with Gasteiger partial charge >= 0.3 is 0 Å². The average molecular weight is 275 g/mol. The zero-order valence-electron chi connectivity index (χ0n) is 11.6. The molecule has 0 fully saturated rings. The Morgan fingerprint density at radius 1 is 1.15 bits per heavy atom. The van der Waals surface area contributed by atoms with E-state index in [9.17, 15) is 4.39 Å². The second-order valence-electron chi connectivity index (χ2n) is 4.61. The first-order valence-electron chi connectivity index (χ1n) is 6.41. The zero-order valence-corrected chi connectivity index (χ0v) is 11.6. The van der Waals surface area contributed by atoms with Crippen molar-refractivity contribution in [2.75, 3.05) is 7.11 Å². The Labute approximate surface area is 118 Å². The minimum Gasteiger partial charge on any atom is -0.497 e. The van der Waals surface area contributed by atoms with Crippen LogP contribution in [0.15, 0.2) is 42.5 Å². The molecule has 4 heteroatoms. The summed E-state index contributed by atoms with van der Waals surface area (Å²) in [6, 6.07) is 12.2. The fourth-order valence-corrected chi connectivity index (χ4v) is 1.82. The molecule has 0 saturated heterocycles. The molecule has 0 saturated carbocycles. The Morgan fingerprint density at radius 3 is 2.60 bits per heavy atom. The minimum atomic E-state index is -0.340. The van der Waals surface area contributed by atoms with Crippen LogP contribution in [0.2, 0.25) is 0 Å². The van der Waals surface area contributed by atoms with Crippen molar-refractivity contribution in [3.05, 3.63) is 59.4 Å². The van der Waals surface area contributed by atoms with Crippen molar-refractivity contribution in [3.63, 3.8) is 0 Å². The number of benzene rings is 2. The van der Waals surface area contributed by atoms with Gasteiger partial charge in [0.15, 0.2) is 0 Å². The molecule has 2 aromatic rings. The van der Waals surface area contributed by atoms with Gasteiger partial charge in [-0.25, -0.2) is 4.39 Å². The maximum atomic E-state index is 13.8. The van der Waals surface area contributed by atoms with E-state index in [1.807, 2.05) is 31.2 Å². The van der Waals surface area contributed by atoms with E-state index in [2.05, 4.69) is 0 Å². The number of hydrogen-bond acceptors (Lipinski definition) is 3. The van der Waals surface area contributed by atoms with Crippen LogP contribution in [0.3, 0.4) is 0 Å². The summed E-state index contributed by atoms with van der Waals surface area (Å²) in [4.78, 5) is 0. The predicted octanol–water partition coefficient (Wildman–Crippen LogP) is 3.43. The van der Waals surface area contributed by atoms with E-state index in [0.717, 1.165) is 5.56 Å². The van der Waals surface area contributed by atoms with Gasteiger partial charge in [0.1, 0.15) is 23.9 Å². The molecule has 0 heterocycles. The lowest BCUT2D eigenvalue weighted by molar-refractivity contribution is 0.299. The molecule has 0 radical (unpaired) electrons. The smallest absolute Gasteiger partial charge is 0.133 e. The van der Waals surface area contributed by atoms with E-state index in [1.165, 1.54) is 13.2 Å². The van der Waals surface area contributed by atoms with Crippen LogP contribution in [0.4, 0.5) is 4.39 Å². The highest BCUT2D eigenvalue weighted by atomic mass is 19.1. The summed E-state index contributed by atoms with van der Waals surface area (Å²) in [5.41, 5.74) is 7.28. The van der Waals surface area contributed by atoms with Crippen molar-refractivity contribution >= 4 is 0 Å². The van der Waals surface area contributed by atoms with Gasteiger partial charge in [0.2, 0.25) is 0 Å². The van der Waals surface area contributed by atoms with Crippen molar-refractivity contribution in [1.29, 1.82) is 0 Å². The molecule has 2 aromatic carbocycles. The van der Waals surface area contributed by atoms with Crippen molar-refractivity contribution in [2.24, 2.45) is 5.73 Å². The highest BCUT2D eigenvalue weighted by Gasteiger charge is 2.06. The highest BCUT2D eigenvalue weighted by Crippen LogP contribution is 2.21. The molecule has 2 rings (SSSR count). The van der Waals surface area contributed by atoms with Gasteiger partial charge in [0, 0.05) is 17.7 Å². The second kappa shape index (κ2) is 6.39. The Kier molecular flexibility index (Phi) is 4.58. The number of ether oxygens (including phenoxy) is 2. The first-order valence-corrected chi connectivity index (χ1v) is 6.41. The maximum Gasteiger partial charge on any atom is 0.133 e. The van der Waals surface area contributed by atoms with Crippen LogP contribution < -0.4 is 15.2 Å². The molecule has 0 aliphatic carbocycles. The quantitative estimate of drug-likeness (QED) is 0.909. The van der Waals surface area contributed by atoms with Gasteiger partial charge in [-0.1, -0.05) is 12.1 Å². The Bertz CT molecular complexity index is 584. The molecule has 2 N–H and O–H groups in total. The van der Waals surface area contributed by atoms with Crippen LogP contribution >= 0.6 is 0 Å². The van der Waals surface area contributed by atoms with Crippen molar-refractivity contribution in [3.8, 4) is 11.5 Å². The molecule has 0 bridgehead atoms. The van der Waals surface area contributed by atoms with Crippen LogP contribution in [0.25, 0.3) is 0 Å². The third-order valence-corrected chi connectivity index (χ3v) is 3.04. The Hall–Kier alpha value is -2.07. The van der Waals surface area contributed by atoms with Crippen LogP contribution in [-0.2, 0) is 6.61 Å². The normalized spacial score (nSPS) is 12.0. The van der Waals surface area contributed by atoms with Gasteiger partial charge in [-0.3, -0.25) is 0 Å². The molecular formula is C16H18FNO2. The number of rotatable bonds is 5. The lowest BCUT2D eigenvalue weighted by Gasteiger charge is -2.11. The van der Waals surface area contributed by atoms with Gasteiger partial charge in [-0.2, -0.15) is 0 Å². The molecule has 106 valence electrons. The largest absolute Gasteiger partial charge is 0.497 e. The van der Waals surface area contributed by atoms with Crippen molar-refractivity contribution in [1.82, 2.24) is 0 Å². The van der Waals surface area contributed by atoms with Crippen LogP contribution in [0.5, 0.6) is 11.5 Å². The van der Waals surface area contributed by atoms with Crippen LogP contribution in [0.1, 0.15) is 24.1 Å². The molecular weight excluding hydrogens is 257 g/mol. The zero-order chi connectivity index (χ0) is 14.5. The lowest BCUT2D eigenvalue weighted by Crippen LogP contribution is -2.05. The summed E-state index contributed by atoms with van der Waals surface area (Å²) in [6.07, 6.45) is 0. The Balaban J connectivity index is 2.07. The standard InChI is InChI=1S/C16H18FNO2/c1-11(18)12-4-3-5-15(8-12)20-10-13-6-7-14(19-2)9-16(13)17/h3-9,11H,10,18H2,1-2H3. The average Bonchev–Trinajstić information content (AvgIpc) is 2.46. The van der Waals surface area contributed by atoms with E-state index < -0.39 is 0 Å². The van der Waals surface area contributed by atoms with Gasteiger partial charge in [-0.15, -0.1) is 0 Å².